The fraction of sp³-hybridized carbons (Fsp3) is 0.500. The standard InChI is InChI=1S/C14H21FN2O2/c1-8-10(15)6-9(7-11(8)16)12(18)17-13(2,3)14(4,5)19/h6-7,19H,16H2,1-5H3,(H,17,18). The van der Waals surface area contributed by atoms with Gasteiger partial charge in [-0.1, -0.05) is 0 Å². The van der Waals surface area contributed by atoms with Crippen LogP contribution in [-0.4, -0.2) is 22.2 Å². The summed E-state index contributed by atoms with van der Waals surface area (Å²) in [6.45, 7) is 8.12. The number of hydrogen-bond acceptors (Lipinski definition) is 3. The summed E-state index contributed by atoms with van der Waals surface area (Å²) in [5, 5.41) is 12.7. The van der Waals surface area contributed by atoms with Crippen LogP contribution in [0.5, 0.6) is 0 Å². The Morgan fingerprint density at radius 2 is 1.84 bits per heavy atom. The molecule has 0 aliphatic heterocycles. The fourth-order valence-electron chi connectivity index (χ4n) is 1.34. The van der Waals surface area contributed by atoms with Crippen LogP contribution in [0.2, 0.25) is 0 Å². The van der Waals surface area contributed by atoms with Gasteiger partial charge in [0.05, 0.1) is 11.1 Å². The SMILES string of the molecule is Cc1c(N)cc(C(=O)NC(C)(C)C(C)(C)O)cc1F. The molecule has 1 aromatic carbocycles. The van der Waals surface area contributed by atoms with Crippen molar-refractivity contribution in [3.05, 3.63) is 29.1 Å². The van der Waals surface area contributed by atoms with Crippen LogP contribution in [0, 0.1) is 12.7 Å². The van der Waals surface area contributed by atoms with Crippen LogP contribution in [0.15, 0.2) is 12.1 Å². The topological polar surface area (TPSA) is 75.4 Å². The Hall–Kier alpha value is -1.62. The normalized spacial score (nSPS) is 12.4. The molecule has 4 nitrogen and oxygen atoms in total. The maximum absolute atomic E-state index is 13.6. The molecule has 1 aromatic rings. The molecule has 5 heteroatoms. The number of carbonyl (C=O) groups excluding carboxylic acids is 1. The molecule has 0 bridgehead atoms. The van der Waals surface area contributed by atoms with E-state index in [0.29, 0.717) is 5.56 Å². The lowest BCUT2D eigenvalue weighted by molar-refractivity contribution is -0.00293. The van der Waals surface area contributed by atoms with E-state index in [4.69, 9.17) is 5.73 Å². The van der Waals surface area contributed by atoms with Crippen LogP contribution in [0.25, 0.3) is 0 Å². The van der Waals surface area contributed by atoms with Crippen molar-refractivity contribution in [1.82, 2.24) is 5.32 Å². The van der Waals surface area contributed by atoms with E-state index in [2.05, 4.69) is 5.32 Å². The Morgan fingerprint density at radius 1 is 1.32 bits per heavy atom. The van der Waals surface area contributed by atoms with E-state index in [1.54, 1.807) is 34.6 Å². The van der Waals surface area contributed by atoms with Crippen molar-refractivity contribution in [1.29, 1.82) is 0 Å². The molecule has 0 aliphatic rings. The highest BCUT2D eigenvalue weighted by atomic mass is 19.1. The van der Waals surface area contributed by atoms with Crippen molar-refractivity contribution in [3.63, 3.8) is 0 Å². The van der Waals surface area contributed by atoms with E-state index >= 15 is 0 Å². The maximum Gasteiger partial charge on any atom is 0.251 e. The van der Waals surface area contributed by atoms with Gasteiger partial charge in [-0.15, -0.1) is 0 Å². The van der Waals surface area contributed by atoms with Crippen molar-refractivity contribution in [3.8, 4) is 0 Å². The number of benzene rings is 1. The van der Waals surface area contributed by atoms with Crippen LogP contribution < -0.4 is 11.1 Å². The van der Waals surface area contributed by atoms with Crippen molar-refractivity contribution in [2.45, 2.75) is 45.8 Å². The first kappa shape index (κ1) is 15.4. The fourth-order valence-corrected chi connectivity index (χ4v) is 1.34. The van der Waals surface area contributed by atoms with Gasteiger partial charge in [-0.3, -0.25) is 4.79 Å². The Labute approximate surface area is 112 Å². The van der Waals surface area contributed by atoms with Gasteiger partial charge in [-0.25, -0.2) is 4.39 Å². The van der Waals surface area contributed by atoms with Crippen LogP contribution in [0.4, 0.5) is 10.1 Å². The predicted molar refractivity (Wildman–Crippen MR) is 73.4 cm³/mol. The lowest BCUT2D eigenvalue weighted by Crippen LogP contribution is -2.57. The quantitative estimate of drug-likeness (QED) is 0.734. The number of nitrogens with one attached hydrogen (secondary N) is 1. The van der Waals surface area contributed by atoms with Crippen LogP contribution >= 0.6 is 0 Å². The van der Waals surface area contributed by atoms with Gasteiger partial charge in [-0.05, 0) is 46.8 Å². The number of carbonyl (C=O) groups is 1. The average molecular weight is 268 g/mol. The molecule has 0 spiro atoms. The highest BCUT2D eigenvalue weighted by Gasteiger charge is 2.36. The minimum absolute atomic E-state index is 0.137. The molecule has 106 valence electrons. The van der Waals surface area contributed by atoms with E-state index in [9.17, 15) is 14.3 Å². The zero-order chi connectivity index (χ0) is 15.0. The van der Waals surface area contributed by atoms with Gasteiger partial charge in [-0.2, -0.15) is 0 Å². The molecule has 0 atom stereocenters. The summed E-state index contributed by atoms with van der Waals surface area (Å²) < 4.78 is 13.6. The van der Waals surface area contributed by atoms with Gasteiger partial charge in [0.15, 0.2) is 0 Å². The maximum atomic E-state index is 13.6. The molecule has 0 aliphatic carbocycles. The van der Waals surface area contributed by atoms with Crippen LogP contribution in [0.1, 0.15) is 43.6 Å². The van der Waals surface area contributed by atoms with Crippen LogP contribution in [-0.2, 0) is 0 Å². The highest BCUT2D eigenvalue weighted by Crippen LogP contribution is 2.22. The average Bonchev–Trinajstić information content (AvgIpc) is 2.22. The molecule has 0 fully saturated rings. The van der Waals surface area contributed by atoms with Crippen LogP contribution in [0.3, 0.4) is 0 Å². The molecule has 0 unspecified atom stereocenters. The summed E-state index contributed by atoms with van der Waals surface area (Å²) in [6.07, 6.45) is 0. The molecule has 1 amide bonds. The molecule has 0 saturated heterocycles. The highest BCUT2D eigenvalue weighted by molar-refractivity contribution is 5.95. The van der Waals surface area contributed by atoms with E-state index in [-0.39, 0.29) is 11.3 Å². The number of aliphatic hydroxyl groups is 1. The second-order valence-corrected chi connectivity index (χ2v) is 5.81. The number of nitrogen functional groups attached to an aromatic ring is 1. The molecular weight excluding hydrogens is 247 g/mol. The molecule has 0 aromatic heterocycles. The molecule has 0 saturated carbocycles. The lowest BCUT2D eigenvalue weighted by Gasteiger charge is -2.38. The summed E-state index contributed by atoms with van der Waals surface area (Å²) in [5.74, 6) is -0.996. The largest absolute Gasteiger partial charge is 0.398 e. The van der Waals surface area contributed by atoms with Crippen molar-refractivity contribution < 1.29 is 14.3 Å². The van der Waals surface area contributed by atoms with E-state index in [0.717, 1.165) is 6.07 Å². The molecule has 4 N–H and O–H groups in total. The van der Waals surface area contributed by atoms with Crippen molar-refractivity contribution >= 4 is 11.6 Å². The summed E-state index contributed by atoms with van der Waals surface area (Å²) in [4.78, 5) is 12.1. The zero-order valence-electron chi connectivity index (χ0n) is 12.0. The first-order valence-electron chi connectivity index (χ1n) is 6.06. The summed E-state index contributed by atoms with van der Waals surface area (Å²) in [6, 6.07) is 2.57. The molecule has 0 heterocycles. The predicted octanol–water partition coefficient (Wildman–Crippen LogP) is 2.00. The Kier molecular flexibility index (Phi) is 3.91. The number of amides is 1. The molecule has 0 radical (unpaired) electrons. The Morgan fingerprint density at radius 3 is 2.26 bits per heavy atom. The van der Waals surface area contributed by atoms with Gasteiger partial charge in [0.2, 0.25) is 0 Å². The monoisotopic (exact) mass is 268 g/mol. The number of hydrogen-bond donors (Lipinski definition) is 3. The third kappa shape index (κ3) is 3.23. The third-order valence-corrected chi connectivity index (χ3v) is 3.60. The van der Waals surface area contributed by atoms with E-state index < -0.39 is 22.9 Å². The van der Waals surface area contributed by atoms with Crippen molar-refractivity contribution in [2.24, 2.45) is 0 Å². The van der Waals surface area contributed by atoms with Gasteiger partial charge in [0, 0.05) is 16.8 Å². The number of anilines is 1. The Bertz CT molecular complexity index is 482. The smallest absolute Gasteiger partial charge is 0.251 e. The first-order chi connectivity index (χ1) is 8.45. The van der Waals surface area contributed by atoms with Gasteiger partial charge in [0.1, 0.15) is 5.82 Å². The minimum atomic E-state index is -1.11. The summed E-state index contributed by atoms with van der Waals surface area (Å²) >= 11 is 0. The summed E-state index contributed by atoms with van der Waals surface area (Å²) in [5.41, 5.74) is 4.35. The molecular formula is C14H21FN2O2. The Balaban J connectivity index is 3.03. The first-order valence-corrected chi connectivity index (χ1v) is 6.06. The second-order valence-electron chi connectivity index (χ2n) is 5.81. The second kappa shape index (κ2) is 4.81. The van der Waals surface area contributed by atoms with E-state index in [1.165, 1.54) is 6.07 Å². The molecule has 1 rings (SSSR count). The van der Waals surface area contributed by atoms with Gasteiger partial charge >= 0.3 is 0 Å². The lowest BCUT2D eigenvalue weighted by atomic mass is 9.85. The van der Waals surface area contributed by atoms with Gasteiger partial charge < -0.3 is 16.2 Å². The molecule has 19 heavy (non-hydrogen) atoms. The van der Waals surface area contributed by atoms with Gasteiger partial charge in [0.25, 0.3) is 5.91 Å². The summed E-state index contributed by atoms with van der Waals surface area (Å²) in [7, 11) is 0. The van der Waals surface area contributed by atoms with Crippen molar-refractivity contribution in [2.75, 3.05) is 5.73 Å². The zero-order valence-corrected chi connectivity index (χ0v) is 12.0. The number of nitrogens with two attached hydrogens (primary N) is 1. The number of halogens is 1. The van der Waals surface area contributed by atoms with E-state index in [1.807, 2.05) is 0 Å². The number of rotatable bonds is 3. The third-order valence-electron chi connectivity index (χ3n) is 3.60. The minimum Gasteiger partial charge on any atom is -0.398 e.